The SMILES string of the molecule is Cc1ccc(S(=O)(=O)[N-]c2ccccc2[N-]S(=O)(=O)c2ccc(C)cc2)cc1.[Au+3].c1ccc([N-]c2ccccn2)cc1. The molecule has 5 aromatic rings. The summed E-state index contributed by atoms with van der Waals surface area (Å²) in [4.78, 5) is 4.15. The Bertz CT molecular complexity index is 1650. The van der Waals surface area contributed by atoms with Crippen LogP contribution in [0.4, 0.5) is 22.9 Å². The van der Waals surface area contributed by atoms with Gasteiger partial charge in [-0.1, -0.05) is 120 Å². The van der Waals surface area contributed by atoms with Crippen LogP contribution in [0.2, 0.25) is 0 Å². The number of pyridine rings is 1. The molecule has 0 radical (unpaired) electrons. The van der Waals surface area contributed by atoms with E-state index in [0.29, 0.717) is 0 Å². The minimum Gasteiger partial charge on any atom is -0.574 e. The summed E-state index contributed by atoms with van der Waals surface area (Å²) in [7, 11) is -8.02. The second-order valence-electron chi connectivity index (χ2n) is 8.88. The quantitative estimate of drug-likeness (QED) is 0.146. The van der Waals surface area contributed by atoms with E-state index < -0.39 is 20.0 Å². The fourth-order valence-corrected chi connectivity index (χ4v) is 5.46. The summed E-state index contributed by atoms with van der Waals surface area (Å²) in [5.74, 6) is 0.744. The molecule has 0 aliphatic heterocycles. The summed E-state index contributed by atoms with van der Waals surface area (Å²) < 4.78 is 57.9. The average molecular weight is 781 g/mol. The summed E-state index contributed by atoms with van der Waals surface area (Å²) in [5, 5.41) is 4.33. The van der Waals surface area contributed by atoms with Gasteiger partial charge in [0.25, 0.3) is 0 Å². The van der Waals surface area contributed by atoms with E-state index in [9.17, 15) is 16.8 Å². The molecule has 1 aromatic heterocycles. The fraction of sp³-hybridized carbons (Fsp3) is 0.0645. The Morgan fingerprint density at radius 2 is 0.952 bits per heavy atom. The van der Waals surface area contributed by atoms with E-state index in [-0.39, 0.29) is 43.5 Å². The Morgan fingerprint density at radius 1 is 0.524 bits per heavy atom. The summed E-state index contributed by atoms with van der Waals surface area (Å²) >= 11 is 0. The van der Waals surface area contributed by atoms with Crippen molar-refractivity contribution in [1.82, 2.24) is 4.98 Å². The van der Waals surface area contributed by atoms with Crippen LogP contribution >= 0.6 is 0 Å². The molecule has 0 N–H and O–H groups in total. The zero-order valence-electron chi connectivity index (χ0n) is 22.7. The van der Waals surface area contributed by atoms with Crippen LogP contribution in [0.15, 0.2) is 137 Å². The molecule has 0 saturated carbocycles. The number of aromatic nitrogens is 1. The van der Waals surface area contributed by atoms with E-state index >= 15 is 0 Å². The molecule has 1 heterocycles. The molecule has 11 heteroatoms. The number of para-hydroxylation sites is 1. The van der Waals surface area contributed by atoms with Crippen molar-refractivity contribution in [2.24, 2.45) is 0 Å². The molecule has 4 aromatic carbocycles. The Balaban J connectivity index is 0.000000289. The van der Waals surface area contributed by atoms with Gasteiger partial charge >= 0.3 is 22.4 Å². The first-order valence-electron chi connectivity index (χ1n) is 12.5. The van der Waals surface area contributed by atoms with Crippen molar-refractivity contribution in [3.63, 3.8) is 0 Å². The van der Waals surface area contributed by atoms with Crippen LogP contribution in [0.5, 0.6) is 0 Å². The van der Waals surface area contributed by atoms with Crippen LogP contribution in [-0.2, 0) is 42.4 Å². The molecule has 42 heavy (non-hydrogen) atoms. The van der Waals surface area contributed by atoms with Gasteiger partial charge in [0.2, 0.25) is 0 Å². The van der Waals surface area contributed by atoms with Gasteiger partial charge in [0.1, 0.15) is 20.0 Å². The van der Waals surface area contributed by atoms with Crippen molar-refractivity contribution in [3.8, 4) is 0 Å². The molecule has 0 aliphatic carbocycles. The van der Waals surface area contributed by atoms with Gasteiger partial charge in [0.05, 0.1) is 9.79 Å². The maximum Gasteiger partial charge on any atom is 3.00 e. The molecule has 0 fully saturated rings. The van der Waals surface area contributed by atoms with Gasteiger partial charge in [-0.25, -0.2) is 16.8 Å². The van der Waals surface area contributed by atoms with E-state index in [1.54, 1.807) is 42.6 Å². The van der Waals surface area contributed by atoms with Crippen LogP contribution in [0.25, 0.3) is 14.8 Å². The second kappa shape index (κ2) is 14.8. The molecule has 8 nitrogen and oxygen atoms in total. The first-order valence-corrected chi connectivity index (χ1v) is 15.4. The van der Waals surface area contributed by atoms with Crippen LogP contribution in [-0.4, -0.2) is 21.8 Å². The standard InChI is InChI=1S/C20H18N2O4S2.C11H9N2.Au/c1-15-7-11-17(12-8-15)27(23,24)21-19-5-3-4-6-20(19)22-28(25,26)18-13-9-16(2)10-14-18;1-2-6-10(7-3-1)13-11-8-4-5-9-12-11;/h3-14H,1-2H3;1-9H;/q-2;-1;+3. The molecular weight excluding hydrogens is 753 g/mol. The summed E-state index contributed by atoms with van der Waals surface area (Å²) in [6, 6.07) is 33.9. The Hall–Kier alpha value is -3.93. The van der Waals surface area contributed by atoms with Crippen LogP contribution < -0.4 is 0 Å². The van der Waals surface area contributed by atoms with Crippen LogP contribution in [0.1, 0.15) is 11.1 Å². The van der Waals surface area contributed by atoms with E-state index in [1.165, 1.54) is 36.4 Å². The predicted octanol–water partition coefficient (Wildman–Crippen LogP) is 8.51. The fourth-order valence-electron chi connectivity index (χ4n) is 3.46. The third-order valence-electron chi connectivity index (χ3n) is 5.61. The van der Waals surface area contributed by atoms with E-state index in [4.69, 9.17) is 0 Å². The van der Waals surface area contributed by atoms with Crippen molar-refractivity contribution < 1.29 is 39.2 Å². The van der Waals surface area contributed by atoms with E-state index in [2.05, 4.69) is 19.7 Å². The zero-order valence-corrected chi connectivity index (χ0v) is 26.5. The van der Waals surface area contributed by atoms with Crippen LogP contribution in [0, 0.1) is 13.8 Å². The zero-order chi connectivity index (χ0) is 29.3. The largest absolute Gasteiger partial charge is 3.00 e. The molecule has 0 aliphatic rings. The number of hydrogen-bond donors (Lipinski definition) is 0. The minimum absolute atomic E-state index is 0. The molecule has 0 saturated heterocycles. The van der Waals surface area contributed by atoms with E-state index in [1.807, 2.05) is 62.4 Å². The third kappa shape index (κ3) is 9.30. The van der Waals surface area contributed by atoms with Crippen molar-refractivity contribution in [1.29, 1.82) is 0 Å². The Morgan fingerprint density at radius 3 is 1.38 bits per heavy atom. The van der Waals surface area contributed by atoms with Gasteiger partial charge in [-0.3, -0.25) is 0 Å². The Labute approximate surface area is 262 Å². The third-order valence-corrected chi connectivity index (χ3v) is 8.22. The summed E-state index contributed by atoms with van der Waals surface area (Å²) in [6.45, 7) is 3.69. The average Bonchev–Trinajstić information content (AvgIpc) is 2.96. The smallest absolute Gasteiger partial charge is 0.574 e. The van der Waals surface area contributed by atoms with Gasteiger partial charge < -0.3 is 19.7 Å². The molecule has 0 atom stereocenters. The number of sulfonamides is 2. The molecule has 218 valence electrons. The van der Waals surface area contributed by atoms with E-state index in [0.717, 1.165) is 22.6 Å². The number of aryl methyl sites for hydroxylation is 2. The molecule has 5 rings (SSSR count). The number of hydrogen-bond acceptors (Lipinski definition) is 5. The molecule has 0 bridgehead atoms. The summed E-state index contributed by atoms with van der Waals surface area (Å²) in [5.41, 5.74) is 2.68. The molecule has 0 unspecified atom stereocenters. The molecule has 0 amide bonds. The van der Waals surface area contributed by atoms with Gasteiger partial charge in [-0.2, -0.15) is 0 Å². The van der Waals surface area contributed by atoms with Gasteiger partial charge in [-0.15, -0.1) is 11.4 Å². The topological polar surface area (TPSA) is 123 Å². The first kappa shape index (κ1) is 32.6. The maximum absolute atomic E-state index is 12.6. The van der Waals surface area contributed by atoms with Gasteiger partial charge in [0, 0.05) is 0 Å². The Kier molecular flexibility index (Phi) is 11.5. The van der Waals surface area contributed by atoms with Crippen LogP contribution in [0.3, 0.4) is 0 Å². The van der Waals surface area contributed by atoms with Gasteiger partial charge in [-0.05, 0) is 43.8 Å². The van der Waals surface area contributed by atoms with Gasteiger partial charge in [0.15, 0.2) is 0 Å². The van der Waals surface area contributed by atoms with Crippen molar-refractivity contribution in [3.05, 3.63) is 153 Å². The molecular formula is C31H27AuN4O4S2. The monoisotopic (exact) mass is 780 g/mol. The molecule has 0 spiro atoms. The van der Waals surface area contributed by atoms with Crippen molar-refractivity contribution in [2.45, 2.75) is 23.6 Å². The first-order chi connectivity index (χ1) is 19.6. The number of nitrogens with zero attached hydrogens (tertiary/aromatic N) is 4. The minimum atomic E-state index is -4.01. The maximum atomic E-state index is 12.6. The normalized spacial score (nSPS) is 10.8. The second-order valence-corrected chi connectivity index (χ2v) is 12.1. The van der Waals surface area contributed by atoms with Crippen molar-refractivity contribution in [2.75, 3.05) is 0 Å². The predicted molar refractivity (Wildman–Crippen MR) is 163 cm³/mol. The summed E-state index contributed by atoms with van der Waals surface area (Å²) in [6.07, 6.45) is 1.74. The number of rotatable bonds is 8. The number of benzene rings is 4. The van der Waals surface area contributed by atoms with Crippen molar-refractivity contribution >= 4 is 42.9 Å².